The first-order valence-corrected chi connectivity index (χ1v) is 6.56. The lowest BCUT2D eigenvalue weighted by Gasteiger charge is -2.10. The van der Waals surface area contributed by atoms with Crippen LogP contribution in [0.1, 0.15) is 25.8 Å². The fraction of sp³-hybridized carbons (Fsp3) is 0.500. The van der Waals surface area contributed by atoms with Crippen molar-refractivity contribution in [2.45, 2.75) is 33.2 Å². The highest BCUT2D eigenvalue weighted by molar-refractivity contribution is 6.31. The minimum atomic E-state index is -0.0249. The van der Waals surface area contributed by atoms with Crippen molar-refractivity contribution in [1.29, 1.82) is 0 Å². The Kier molecular flexibility index (Phi) is 3.64. The maximum atomic E-state index is 11.8. The van der Waals surface area contributed by atoms with E-state index in [2.05, 4.69) is 24.5 Å². The van der Waals surface area contributed by atoms with E-state index in [4.69, 9.17) is 11.6 Å². The van der Waals surface area contributed by atoms with E-state index in [1.54, 1.807) is 6.07 Å². The molecular weight excluding hydrogens is 248 g/mol. The van der Waals surface area contributed by atoms with Gasteiger partial charge in [-0.15, -0.1) is 0 Å². The molecule has 0 heterocycles. The fourth-order valence-corrected chi connectivity index (χ4v) is 2.13. The molecule has 1 amide bonds. The molecule has 1 aliphatic rings. The van der Waals surface area contributed by atoms with Crippen LogP contribution in [0.5, 0.6) is 0 Å². The van der Waals surface area contributed by atoms with Crippen LogP contribution in [0.4, 0.5) is 5.69 Å². The van der Waals surface area contributed by atoms with Crippen molar-refractivity contribution in [3.63, 3.8) is 0 Å². The summed E-state index contributed by atoms with van der Waals surface area (Å²) in [5, 5.41) is 6.76. The predicted molar refractivity (Wildman–Crippen MR) is 75.0 cm³/mol. The molecule has 1 aromatic rings. The van der Waals surface area contributed by atoms with Crippen LogP contribution < -0.4 is 10.6 Å². The molecule has 4 heteroatoms. The summed E-state index contributed by atoms with van der Waals surface area (Å²) in [5.74, 6) is -0.0249. The molecule has 2 rings (SSSR count). The fourth-order valence-electron chi connectivity index (χ4n) is 1.95. The van der Waals surface area contributed by atoms with Crippen molar-refractivity contribution in [3.8, 4) is 0 Å². The van der Waals surface area contributed by atoms with Crippen molar-refractivity contribution < 1.29 is 4.79 Å². The zero-order valence-electron chi connectivity index (χ0n) is 11.0. The number of aryl methyl sites for hydroxylation is 1. The van der Waals surface area contributed by atoms with Crippen LogP contribution in [0.25, 0.3) is 0 Å². The molecule has 0 spiro atoms. The molecule has 2 N–H and O–H groups in total. The second kappa shape index (κ2) is 4.90. The summed E-state index contributed by atoms with van der Waals surface area (Å²) in [6.07, 6.45) is 1.14. The Morgan fingerprint density at radius 2 is 2.17 bits per heavy atom. The summed E-state index contributed by atoms with van der Waals surface area (Å²) < 4.78 is 0. The van der Waals surface area contributed by atoms with E-state index in [1.807, 2.05) is 19.1 Å². The normalized spacial score (nSPS) is 20.6. The number of halogens is 1. The first kappa shape index (κ1) is 13.4. The molecule has 0 radical (unpaired) electrons. The van der Waals surface area contributed by atoms with Gasteiger partial charge in [0.25, 0.3) is 0 Å². The molecule has 98 valence electrons. The summed E-state index contributed by atoms with van der Waals surface area (Å²) in [4.78, 5) is 11.8. The lowest BCUT2D eigenvalue weighted by atomic mass is 10.2. The smallest absolute Gasteiger partial charge is 0.238 e. The minimum Gasteiger partial charge on any atom is -0.325 e. The molecule has 1 aliphatic carbocycles. The van der Waals surface area contributed by atoms with Gasteiger partial charge in [0.1, 0.15) is 0 Å². The van der Waals surface area contributed by atoms with Crippen molar-refractivity contribution >= 4 is 23.2 Å². The Morgan fingerprint density at radius 1 is 1.50 bits per heavy atom. The maximum Gasteiger partial charge on any atom is 0.238 e. The van der Waals surface area contributed by atoms with Crippen molar-refractivity contribution in [1.82, 2.24) is 5.32 Å². The third-order valence-electron chi connectivity index (χ3n) is 3.50. The number of carbonyl (C=O) groups excluding carboxylic acids is 1. The molecule has 0 aliphatic heterocycles. The van der Waals surface area contributed by atoms with Gasteiger partial charge in [-0.25, -0.2) is 0 Å². The van der Waals surface area contributed by atoms with Gasteiger partial charge in [-0.3, -0.25) is 4.79 Å². The Hall–Kier alpha value is -1.06. The summed E-state index contributed by atoms with van der Waals surface area (Å²) in [6, 6.07) is 5.95. The number of amides is 1. The number of hydrogen-bond donors (Lipinski definition) is 2. The first-order chi connectivity index (χ1) is 8.38. The third kappa shape index (κ3) is 3.24. The first-order valence-electron chi connectivity index (χ1n) is 6.18. The molecule has 3 nitrogen and oxygen atoms in total. The van der Waals surface area contributed by atoms with E-state index in [-0.39, 0.29) is 5.91 Å². The van der Waals surface area contributed by atoms with Gasteiger partial charge in [-0.05, 0) is 36.5 Å². The van der Waals surface area contributed by atoms with Gasteiger partial charge in [-0.1, -0.05) is 31.5 Å². The molecule has 0 saturated heterocycles. The lowest BCUT2D eigenvalue weighted by Crippen LogP contribution is -2.31. The second-order valence-corrected chi connectivity index (χ2v) is 6.07. The number of nitrogens with one attached hydrogen (secondary N) is 2. The molecule has 1 aromatic carbocycles. The van der Waals surface area contributed by atoms with Crippen molar-refractivity contribution in [2.24, 2.45) is 5.41 Å². The largest absolute Gasteiger partial charge is 0.325 e. The molecule has 1 atom stereocenters. The van der Waals surface area contributed by atoms with Gasteiger partial charge in [0.2, 0.25) is 5.91 Å². The molecule has 1 saturated carbocycles. The van der Waals surface area contributed by atoms with Gasteiger partial charge in [0, 0.05) is 16.8 Å². The maximum absolute atomic E-state index is 11.8. The van der Waals surface area contributed by atoms with Gasteiger partial charge in [-0.2, -0.15) is 0 Å². The molecule has 0 aromatic heterocycles. The number of carbonyl (C=O) groups is 1. The van der Waals surface area contributed by atoms with E-state index in [0.29, 0.717) is 23.0 Å². The third-order valence-corrected chi connectivity index (χ3v) is 3.73. The Morgan fingerprint density at radius 3 is 2.78 bits per heavy atom. The van der Waals surface area contributed by atoms with Crippen molar-refractivity contribution in [2.75, 3.05) is 11.9 Å². The van der Waals surface area contributed by atoms with Crippen LogP contribution in [0.3, 0.4) is 0 Å². The van der Waals surface area contributed by atoms with Crippen molar-refractivity contribution in [3.05, 3.63) is 28.8 Å². The van der Waals surface area contributed by atoms with Gasteiger partial charge in [0.15, 0.2) is 0 Å². The molecular formula is C14H19ClN2O. The van der Waals surface area contributed by atoms with E-state index in [9.17, 15) is 4.79 Å². The topological polar surface area (TPSA) is 41.1 Å². The van der Waals surface area contributed by atoms with Crippen LogP contribution in [0, 0.1) is 12.3 Å². The number of rotatable bonds is 4. The van der Waals surface area contributed by atoms with Crippen LogP contribution in [0.15, 0.2) is 18.2 Å². The molecule has 1 unspecified atom stereocenters. The zero-order valence-corrected chi connectivity index (χ0v) is 11.8. The van der Waals surface area contributed by atoms with Gasteiger partial charge >= 0.3 is 0 Å². The SMILES string of the molecule is Cc1ccc(Cl)cc1NC(=O)CNC1CC1(C)C. The molecule has 18 heavy (non-hydrogen) atoms. The number of benzene rings is 1. The Bertz CT molecular complexity index is 471. The Balaban J connectivity index is 1.85. The number of hydrogen-bond acceptors (Lipinski definition) is 2. The zero-order chi connectivity index (χ0) is 13.3. The minimum absolute atomic E-state index is 0.0249. The predicted octanol–water partition coefficient (Wildman–Crippen LogP) is 2.98. The standard InChI is InChI=1S/C14H19ClN2O/c1-9-4-5-10(15)6-11(9)17-13(18)8-16-12-7-14(12,2)3/h4-6,12,16H,7-8H2,1-3H3,(H,17,18). The highest BCUT2D eigenvalue weighted by atomic mass is 35.5. The summed E-state index contributed by atoms with van der Waals surface area (Å²) in [7, 11) is 0. The molecule has 1 fully saturated rings. The second-order valence-electron chi connectivity index (χ2n) is 5.63. The van der Waals surface area contributed by atoms with E-state index < -0.39 is 0 Å². The van der Waals surface area contributed by atoms with Gasteiger partial charge < -0.3 is 10.6 Å². The van der Waals surface area contributed by atoms with E-state index >= 15 is 0 Å². The average Bonchev–Trinajstić information content (AvgIpc) is 2.89. The van der Waals surface area contributed by atoms with Crippen LogP contribution >= 0.6 is 11.6 Å². The highest BCUT2D eigenvalue weighted by Gasteiger charge is 2.45. The van der Waals surface area contributed by atoms with E-state index in [0.717, 1.165) is 17.7 Å². The molecule has 0 bridgehead atoms. The van der Waals surface area contributed by atoms with Crippen LogP contribution in [-0.4, -0.2) is 18.5 Å². The number of anilines is 1. The average molecular weight is 267 g/mol. The highest BCUT2D eigenvalue weighted by Crippen LogP contribution is 2.44. The lowest BCUT2D eigenvalue weighted by molar-refractivity contribution is -0.115. The van der Waals surface area contributed by atoms with Gasteiger partial charge in [0.05, 0.1) is 6.54 Å². The summed E-state index contributed by atoms with van der Waals surface area (Å²) in [5.41, 5.74) is 2.13. The van der Waals surface area contributed by atoms with Crippen LogP contribution in [0.2, 0.25) is 5.02 Å². The summed E-state index contributed by atoms with van der Waals surface area (Å²) in [6.45, 7) is 6.69. The quantitative estimate of drug-likeness (QED) is 0.880. The monoisotopic (exact) mass is 266 g/mol. The Labute approximate surface area is 113 Å². The van der Waals surface area contributed by atoms with Crippen LogP contribution in [-0.2, 0) is 4.79 Å². The van der Waals surface area contributed by atoms with E-state index in [1.165, 1.54) is 0 Å². The summed E-state index contributed by atoms with van der Waals surface area (Å²) >= 11 is 5.91.